The number of amides is 2. The lowest BCUT2D eigenvalue weighted by Gasteiger charge is -2.26. The molecule has 0 radical (unpaired) electrons. The minimum absolute atomic E-state index is 0. The molecule has 0 aromatic heterocycles. The molecule has 0 saturated carbocycles. The predicted octanol–water partition coefficient (Wildman–Crippen LogP) is 1.07. The van der Waals surface area contributed by atoms with Gasteiger partial charge in [-0.15, -0.1) is 12.4 Å². The summed E-state index contributed by atoms with van der Waals surface area (Å²) in [6.07, 6.45) is 7.17. The van der Waals surface area contributed by atoms with Crippen molar-refractivity contribution < 1.29 is 9.59 Å². The summed E-state index contributed by atoms with van der Waals surface area (Å²) in [7, 11) is 0. The van der Waals surface area contributed by atoms with E-state index in [1.54, 1.807) is 0 Å². The molecule has 0 bridgehead atoms. The van der Waals surface area contributed by atoms with Crippen LogP contribution in [0, 0.1) is 0 Å². The van der Waals surface area contributed by atoms with Crippen LogP contribution in [-0.2, 0) is 9.59 Å². The Kier molecular flexibility index (Phi) is 7.92. The van der Waals surface area contributed by atoms with E-state index in [0.29, 0.717) is 12.5 Å². The molecule has 2 N–H and O–H groups in total. The van der Waals surface area contributed by atoms with E-state index < -0.39 is 0 Å². The first-order chi connectivity index (χ1) is 9.25. The number of carbonyl (C=O) groups is 2. The van der Waals surface area contributed by atoms with Gasteiger partial charge in [-0.3, -0.25) is 9.59 Å². The van der Waals surface area contributed by atoms with E-state index in [2.05, 4.69) is 10.6 Å². The molecule has 2 rings (SSSR count). The fourth-order valence-electron chi connectivity index (χ4n) is 2.83. The molecule has 5 nitrogen and oxygen atoms in total. The molecule has 2 fully saturated rings. The van der Waals surface area contributed by atoms with Gasteiger partial charge < -0.3 is 15.5 Å². The van der Waals surface area contributed by atoms with Crippen molar-refractivity contribution in [2.75, 3.05) is 26.2 Å². The smallest absolute Gasteiger partial charge is 0.241 e. The summed E-state index contributed by atoms with van der Waals surface area (Å²) in [6, 6.07) is 0.489. The molecule has 0 aromatic carbocycles. The number of nitrogens with zero attached hydrogens (tertiary/aromatic N) is 1. The topological polar surface area (TPSA) is 61.4 Å². The van der Waals surface area contributed by atoms with E-state index in [1.165, 1.54) is 19.3 Å². The zero-order valence-corrected chi connectivity index (χ0v) is 12.8. The highest BCUT2D eigenvalue weighted by Gasteiger charge is 2.18. The third kappa shape index (κ3) is 5.67. The average Bonchev–Trinajstić information content (AvgIpc) is 2.96. The van der Waals surface area contributed by atoms with E-state index in [9.17, 15) is 9.59 Å². The summed E-state index contributed by atoms with van der Waals surface area (Å²) in [4.78, 5) is 25.4. The number of nitrogens with one attached hydrogen (secondary N) is 2. The van der Waals surface area contributed by atoms with Crippen LogP contribution < -0.4 is 10.6 Å². The summed E-state index contributed by atoms with van der Waals surface area (Å²) in [5, 5.41) is 6.12. The molecule has 2 saturated heterocycles. The summed E-state index contributed by atoms with van der Waals surface area (Å²) >= 11 is 0. The Morgan fingerprint density at radius 3 is 2.55 bits per heavy atom. The zero-order valence-electron chi connectivity index (χ0n) is 12.0. The third-order valence-corrected chi connectivity index (χ3v) is 4.03. The van der Waals surface area contributed by atoms with Gasteiger partial charge in [0.1, 0.15) is 0 Å². The van der Waals surface area contributed by atoms with Crippen molar-refractivity contribution in [1.29, 1.82) is 0 Å². The molecule has 0 spiro atoms. The fourth-order valence-corrected chi connectivity index (χ4v) is 2.83. The number of carbonyl (C=O) groups excluding carboxylic acids is 2. The van der Waals surface area contributed by atoms with Crippen LogP contribution in [0.1, 0.15) is 44.9 Å². The largest absolute Gasteiger partial charge is 0.347 e. The van der Waals surface area contributed by atoms with Gasteiger partial charge >= 0.3 is 0 Å². The number of hydrogen-bond donors (Lipinski definition) is 2. The standard InChI is InChI=1S/C14H25N3O2.ClH/c18-13(7-6-12-5-4-8-15-12)16-11-14(19)17-9-2-1-3-10-17;/h12,15H,1-11H2,(H,16,18);1H. The summed E-state index contributed by atoms with van der Waals surface area (Å²) in [5.41, 5.74) is 0. The SMILES string of the molecule is Cl.O=C(CCC1CCCN1)NCC(=O)N1CCCCC1. The molecule has 1 atom stereocenters. The molecule has 116 valence electrons. The molecule has 0 aliphatic carbocycles. The van der Waals surface area contributed by atoms with Crippen molar-refractivity contribution in [2.24, 2.45) is 0 Å². The van der Waals surface area contributed by atoms with Gasteiger partial charge in [-0.25, -0.2) is 0 Å². The van der Waals surface area contributed by atoms with Gasteiger partial charge in [0, 0.05) is 25.6 Å². The van der Waals surface area contributed by atoms with E-state index in [0.717, 1.165) is 38.9 Å². The zero-order chi connectivity index (χ0) is 13.5. The number of likely N-dealkylation sites (tertiary alicyclic amines) is 1. The number of hydrogen-bond acceptors (Lipinski definition) is 3. The molecule has 2 amide bonds. The van der Waals surface area contributed by atoms with Gasteiger partial charge in [0.15, 0.2) is 0 Å². The Morgan fingerprint density at radius 1 is 1.15 bits per heavy atom. The van der Waals surface area contributed by atoms with Crippen LogP contribution >= 0.6 is 12.4 Å². The number of piperidine rings is 1. The van der Waals surface area contributed by atoms with Crippen molar-refractivity contribution in [2.45, 2.75) is 51.0 Å². The van der Waals surface area contributed by atoms with Gasteiger partial charge in [-0.2, -0.15) is 0 Å². The van der Waals surface area contributed by atoms with Crippen LogP contribution in [-0.4, -0.2) is 48.9 Å². The quantitative estimate of drug-likeness (QED) is 0.798. The first kappa shape index (κ1) is 17.2. The molecule has 2 aliphatic heterocycles. The Hall–Kier alpha value is -0.810. The molecular formula is C14H26ClN3O2. The lowest BCUT2D eigenvalue weighted by atomic mass is 10.1. The first-order valence-electron chi connectivity index (χ1n) is 7.53. The summed E-state index contributed by atoms with van der Waals surface area (Å²) < 4.78 is 0. The fraction of sp³-hybridized carbons (Fsp3) is 0.857. The maximum absolute atomic E-state index is 11.9. The second kappa shape index (κ2) is 9.19. The summed E-state index contributed by atoms with van der Waals surface area (Å²) in [6.45, 7) is 2.93. The second-order valence-electron chi connectivity index (χ2n) is 5.55. The van der Waals surface area contributed by atoms with Gasteiger partial charge in [0.25, 0.3) is 0 Å². The minimum Gasteiger partial charge on any atom is -0.347 e. The first-order valence-corrected chi connectivity index (χ1v) is 7.53. The Balaban J connectivity index is 0.00000200. The van der Waals surface area contributed by atoms with E-state index >= 15 is 0 Å². The van der Waals surface area contributed by atoms with Crippen LogP contribution in [0.15, 0.2) is 0 Å². The Bertz CT molecular complexity index is 314. The van der Waals surface area contributed by atoms with Crippen LogP contribution in [0.2, 0.25) is 0 Å². The molecular weight excluding hydrogens is 278 g/mol. The maximum Gasteiger partial charge on any atom is 0.241 e. The van der Waals surface area contributed by atoms with Crippen molar-refractivity contribution in [1.82, 2.24) is 15.5 Å². The molecule has 0 aromatic rings. The van der Waals surface area contributed by atoms with Crippen molar-refractivity contribution in [3.8, 4) is 0 Å². The van der Waals surface area contributed by atoms with Gasteiger partial charge in [0.05, 0.1) is 6.54 Å². The second-order valence-corrected chi connectivity index (χ2v) is 5.55. The number of rotatable bonds is 5. The van der Waals surface area contributed by atoms with Crippen molar-refractivity contribution in [3.63, 3.8) is 0 Å². The molecule has 1 unspecified atom stereocenters. The van der Waals surface area contributed by atoms with Crippen molar-refractivity contribution in [3.05, 3.63) is 0 Å². The van der Waals surface area contributed by atoms with Crippen LogP contribution in [0.3, 0.4) is 0 Å². The van der Waals surface area contributed by atoms with Gasteiger partial charge in [-0.1, -0.05) is 0 Å². The van der Waals surface area contributed by atoms with Crippen LogP contribution in [0.25, 0.3) is 0 Å². The number of halogens is 1. The highest BCUT2D eigenvalue weighted by molar-refractivity contribution is 5.85. The highest BCUT2D eigenvalue weighted by atomic mass is 35.5. The van der Waals surface area contributed by atoms with E-state index in [-0.39, 0.29) is 30.8 Å². The highest BCUT2D eigenvalue weighted by Crippen LogP contribution is 2.10. The van der Waals surface area contributed by atoms with E-state index in [1.807, 2.05) is 4.90 Å². The molecule has 2 aliphatic rings. The third-order valence-electron chi connectivity index (χ3n) is 4.03. The maximum atomic E-state index is 11.9. The average molecular weight is 304 g/mol. The van der Waals surface area contributed by atoms with Gasteiger partial charge in [-0.05, 0) is 45.1 Å². The van der Waals surface area contributed by atoms with Crippen molar-refractivity contribution >= 4 is 24.2 Å². The Morgan fingerprint density at radius 2 is 1.90 bits per heavy atom. The molecule has 20 heavy (non-hydrogen) atoms. The van der Waals surface area contributed by atoms with Crippen LogP contribution in [0.5, 0.6) is 0 Å². The molecule has 6 heteroatoms. The minimum atomic E-state index is -0.000871. The monoisotopic (exact) mass is 303 g/mol. The molecule has 2 heterocycles. The van der Waals surface area contributed by atoms with Gasteiger partial charge in [0.2, 0.25) is 11.8 Å². The lowest BCUT2D eigenvalue weighted by molar-refractivity contribution is -0.133. The normalized spacial score (nSPS) is 22.2. The van der Waals surface area contributed by atoms with Crippen LogP contribution in [0.4, 0.5) is 0 Å². The van der Waals surface area contributed by atoms with E-state index in [4.69, 9.17) is 0 Å². The lowest BCUT2D eigenvalue weighted by Crippen LogP contribution is -2.42. The summed E-state index contributed by atoms with van der Waals surface area (Å²) in [5.74, 6) is 0.0612. The predicted molar refractivity (Wildman–Crippen MR) is 80.9 cm³/mol. The Labute approximate surface area is 127 Å².